The van der Waals surface area contributed by atoms with Crippen LogP contribution in [0.15, 0.2) is 0 Å². The van der Waals surface area contributed by atoms with Gasteiger partial charge in [0.1, 0.15) is 0 Å². The van der Waals surface area contributed by atoms with Crippen molar-refractivity contribution in [1.82, 2.24) is 20.0 Å². The van der Waals surface area contributed by atoms with E-state index in [-0.39, 0.29) is 0 Å². The minimum atomic E-state index is 0.454. The number of hydrogen-bond acceptors (Lipinski definition) is 4. The van der Waals surface area contributed by atoms with E-state index < -0.39 is 0 Å². The third-order valence-electron chi connectivity index (χ3n) is 5.69. The number of hydrogen-bond donors (Lipinski definition) is 1. The van der Waals surface area contributed by atoms with Gasteiger partial charge in [-0.25, -0.2) is 0 Å². The minimum Gasteiger partial charge on any atom is -0.310 e. The van der Waals surface area contributed by atoms with Crippen molar-refractivity contribution in [2.75, 3.05) is 59.9 Å². The van der Waals surface area contributed by atoms with Gasteiger partial charge in [-0.15, -0.1) is 0 Å². The van der Waals surface area contributed by atoms with E-state index in [4.69, 9.17) is 0 Å². The van der Waals surface area contributed by atoms with Crippen molar-refractivity contribution in [2.24, 2.45) is 0 Å². The third-order valence-corrected chi connectivity index (χ3v) is 5.69. The molecule has 20 heavy (non-hydrogen) atoms. The van der Waals surface area contributed by atoms with Gasteiger partial charge in [0.25, 0.3) is 0 Å². The number of nitrogens with zero attached hydrogens (tertiary/aromatic N) is 3. The summed E-state index contributed by atoms with van der Waals surface area (Å²) < 4.78 is 0. The summed E-state index contributed by atoms with van der Waals surface area (Å²) in [6, 6.07) is 0.713. The van der Waals surface area contributed by atoms with Gasteiger partial charge in [0.15, 0.2) is 0 Å². The van der Waals surface area contributed by atoms with E-state index in [1.54, 1.807) is 0 Å². The van der Waals surface area contributed by atoms with Crippen LogP contribution < -0.4 is 5.32 Å². The summed E-state index contributed by atoms with van der Waals surface area (Å²) in [5.74, 6) is 0. The highest BCUT2D eigenvalue weighted by molar-refractivity contribution is 4.97. The molecule has 1 unspecified atom stereocenters. The van der Waals surface area contributed by atoms with E-state index in [1.165, 1.54) is 77.9 Å². The lowest BCUT2D eigenvalue weighted by Crippen LogP contribution is -2.56. The summed E-state index contributed by atoms with van der Waals surface area (Å²) in [6.45, 7) is 8.70. The fraction of sp³-hybridized carbons (Fsp3) is 1.00. The van der Waals surface area contributed by atoms with E-state index >= 15 is 0 Å². The molecule has 1 atom stereocenters. The van der Waals surface area contributed by atoms with Crippen molar-refractivity contribution in [2.45, 2.75) is 43.7 Å². The summed E-state index contributed by atoms with van der Waals surface area (Å²) in [6.07, 6.45) is 6.95. The standard InChI is InChI=1S/C16H32N4/c1-18-10-11-19(2)15(12-18)13-20-9-5-8-17-16(14-20)6-3-4-7-16/h15,17H,3-14H2,1-2H3. The monoisotopic (exact) mass is 280 g/mol. The molecule has 1 saturated carbocycles. The molecular formula is C16H32N4. The summed E-state index contributed by atoms with van der Waals surface area (Å²) >= 11 is 0. The second-order valence-corrected chi connectivity index (χ2v) is 7.40. The molecule has 2 saturated heterocycles. The van der Waals surface area contributed by atoms with E-state index in [2.05, 4.69) is 34.1 Å². The fourth-order valence-electron chi connectivity index (χ4n) is 4.36. The van der Waals surface area contributed by atoms with Crippen LogP contribution in [0.25, 0.3) is 0 Å². The van der Waals surface area contributed by atoms with Crippen LogP contribution in [0.5, 0.6) is 0 Å². The molecule has 0 aromatic carbocycles. The van der Waals surface area contributed by atoms with Gasteiger partial charge < -0.3 is 10.2 Å². The Morgan fingerprint density at radius 2 is 1.85 bits per heavy atom. The molecule has 3 rings (SSSR count). The summed E-state index contributed by atoms with van der Waals surface area (Å²) in [5.41, 5.74) is 0.454. The lowest BCUT2D eigenvalue weighted by Gasteiger charge is -2.41. The van der Waals surface area contributed by atoms with Crippen LogP contribution in [-0.4, -0.2) is 86.2 Å². The zero-order valence-corrected chi connectivity index (χ0v) is 13.4. The zero-order chi connectivity index (χ0) is 14.0. The van der Waals surface area contributed by atoms with E-state index in [0.717, 1.165) is 0 Å². The maximum absolute atomic E-state index is 3.88. The molecule has 3 fully saturated rings. The van der Waals surface area contributed by atoms with E-state index in [9.17, 15) is 0 Å². The quantitative estimate of drug-likeness (QED) is 0.809. The molecule has 4 heteroatoms. The van der Waals surface area contributed by atoms with Gasteiger partial charge in [-0.3, -0.25) is 9.80 Å². The van der Waals surface area contributed by atoms with Crippen molar-refractivity contribution in [3.8, 4) is 0 Å². The van der Waals surface area contributed by atoms with Crippen molar-refractivity contribution in [1.29, 1.82) is 0 Å². The Morgan fingerprint density at radius 3 is 2.65 bits per heavy atom. The zero-order valence-electron chi connectivity index (χ0n) is 13.4. The Bertz CT molecular complexity index is 314. The normalized spacial score (nSPS) is 33.6. The highest BCUT2D eigenvalue weighted by Crippen LogP contribution is 2.31. The van der Waals surface area contributed by atoms with Gasteiger partial charge in [0, 0.05) is 44.3 Å². The molecule has 0 amide bonds. The fourth-order valence-corrected chi connectivity index (χ4v) is 4.36. The predicted molar refractivity (Wildman–Crippen MR) is 84.2 cm³/mol. The van der Waals surface area contributed by atoms with Crippen molar-refractivity contribution < 1.29 is 0 Å². The van der Waals surface area contributed by atoms with Gasteiger partial charge in [-0.2, -0.15) is 0 Å². The Balaban J connectivity index is 1.60. The maximum atomic E-state index is 3.88. The first-order valence-electron chi connectivity index (χ1n) is 8.53. The molecule has 0 bridgehead atoms. The minimum absolute atomic E-state index is 0.454. The van der Waals surface area contributed by atoms with Crippen molar-refractivity contribution in [3.63, 3.8) is 0 Å². The van der Waals surface area contributed by atoms with Crippen LogP contribution in [0.3, 0.4) is 0 Å². The first-order valence-corrected chi connectivity index (χ1v) is 8.53. The molecule has 0 aromatic heterocycles. The molecule has 2 heterocycles. The predicted octanol–water partition coefficient (Wildman–Crippen LogP) is 0.840. The SMILES string of the molecule is CN1CCN(C)C(CN2CCCNC3(CCCC3)C2)C1. The van der Waals surface area contributed by atoms with Gasteiger partial charge >= 0.3 is 0 Å². The van der Waals surface area contributed by atoms with Crippen LogP contribution in [0.1, 0.15) is 32.1 Å². The maximum Gasteiger partial charge on any atom is 0.0347 e. The Hall–Kier alpha value is -0.160. The topological polar surface area (TPSA) is 21.8 Å². The first-order chi connectivity index (χ1) is 9.67. The lowest BCUT2D eigenvalue weighted by molar-refractivity contribution is 0.0760. The Morgan fingerprint density at radius 1 is 1.05 bits per heavy atom. The summed E-state index contributed by atoms with van der Waals surface area (Å²) in [7, 11) is 4.57. The van der Waals surface area contributed by atoms with Crippen LogP contribution in [0.2, 0.25) is 0 Å². The summed E-state index contributed by atoms with van der Waals surface area (Å²) in [5, 5.41) is 3.88. The van der Waals surface area contributed by atoms with E-state index in [0.29, 0.717) is 11.6 Å². The van der Waals surface area contributed by atoms with E-state index in [1.807, 2.05) is 0 Å². The Kier molecular flexibility index (Phi) is 4.65. The molecule has 4 nitrogen and oxygen atoms in total. The Labute approximate surface area is 124 Å². The number of piperazine rings is 1. The van der Waals surface area contributed by atoms with Gasteiger partial charge in [0.2, 0.25) is 0 Å². The molecule has 3 aliphatic rings. The molecule has 116 valence electrons. The van der Waals surface area contributed by atoms with Gasteiger partial charge in [0.05, 0.1) is 0 Å². The molecule has 1 aliphatic carbocycles. The second kappa shape index (κ2) is 6.30. The average Bonchev–Trinajstić information content (AvgIpc) is 2.77. The van der Waals surface area contributed by atoms with Gasteiger partial charge in [-0.05, 0) is 46.4 Å². The van der Waals surface area contributed by atoms with Gasteiger partial charge in [-0.1, -0.05) is 12.8 Å². The van der Waals surface area contributed by atoms with Crippen molar-refractivity contribution in [3.05, 3.63) is 0 Å². The smallest absolute Gasteiger partial charge is 0.0347 e. The molecule has 0 radical (unpaired) electrons. The van der Waals surface area contributed by atoms with Crippen LogP contribution in [0, 0.1) is 0 Å². The highest BCUT2D eigenvalue weighted by atomic mass is 15.3. The first kappa shape index (κ1) is 14.8. The van der Waals surface area contributed by atoms with Crippen LogP contribution in [0.4, 0.5) is 0 Å². The molecular weight excluding hydrogens is 248 g/mol. The average molecular weight is 280 g/mol. The molecule has 2 aliphatic heterocycles. The third kappa shape index (κ3) is 3.35. The second-order valence-electron chi connectivity index (χ2n) is 7.40. The van der Waals surface area contributed by atoms with Crippen molar-refractivity contribution >= 4 is 0 Å². The number of nitrogens with one attached hydrogen (secondary N) is 1. The molecule has 1 N–H and O–H groups in total. The molecule has 0 aromatic rings. The van der Waals surface area contributed by atoms with Crippen LogP contribution in [-0.2, 0) is 0 Å². The number of rotatable bonds is 2. The lowest BCUT2D eigenvalue weighted by atomic mass is 9.97. The highest BCUT2D eigenvalue weighted by Gasteiger charge is 2.37. The number of likely N-dealkylation sites (N-methyl/N-ethyl adjacent to an activating group) is 2. The summed E-state index contributed by atoms with van der Waals surface area (Å²) in [4.78, 5) is 7.82. The molecule has 1 spiro atoms. The largest absolute Gasteiger partial charge is 0.310 e. The van der Waals surface area contributed by atoms with Crippen LogP contribution >= 0.6 is 0 Å².